The van der Waals surface area contributed by atoms with Gasteiger partial charge in [0.1, 0.15) is 5.75 Å². The van der Waals surface area contributed by atoms with Crippen molar-refractivity contribution in [2.45, 2.75) is 49.2 Å². The molecule has 1 fully saturated rings. The minimum atomic E-state index is -0.460. The minimum absolute atomic E-state index is 0.0103. The van der Waals surface area contributed by atoms with E-state index in [-0.39, 0.29) is 22.9 Å². The summed E-state index contributed by atoms with van der Waals surface area (Å²) in [5, 5.41) is 30.5. The Labute approximate surface area is 164 Å². The van der Waals surface area contributed by atoms with Crippen LogP contribution in [0.1, 0.15) is 47.3 Å². The van der Waals surface area contributed by atoms with Crippen molar-refractivity contribution in [2.75, 3.05) is 6.61 Å². The first kappa shape index (κ1) is 19.6. The summed E-state index contributed by atoms with van der Waals surface area (Å²) in [4.78, 5) is 0. The molecule has 3 N–H and O–H groups in total. The summed E-state index contributed by atoms with van der Waals surface area (Å²) in [6.07, 6.45) is 2.40. The summed E-state index contributed by atoms with van der Waals surface area (Å²) in [5.41, 5.74) is 4.22. The summed E-state index contributed by atoms with van der Waals surface area (Å²) in [6.45, 7) is 2.16. The fourth-order valence-corrected chi connectivity index (χ4v) is 5.22. The topological polar surface area (TPSA) is 60.7 Å². The molecule has 140 valence electrons. The largest absolute Gasteiger partial charge is 0.508 e. The number of aliphatic hydroxyl groups excluding tert-OH is 2. The molecule has 3 atom stereocenters. The van der Waals surface area contributed by atoms with Gasteiger partial charge in [0.2, 0.25) is 0 Å². The van der Waals surface area contributed by atoms with Gasteiger partial charge in [-0.3, -0.25) is 0 Å². The summed E-state index contributed by atoms with van der Waals surface area (Å²) >= 11 is 7.99. The fourth-order valence-electron chi connectivity index (χ4n) is 3.44. The van der Waals surface area contributed by atoms with E-state index >= 15 is 0 Å². The van der Waals surface area contributed by atoms with Crippen molar-refractivity contribution >= 4 is 23.4 Å². The van der Waals surface area contributed by atoms with Crippen LogP contribution in [0, 0.1) is 0 Å². The molecule has 1 aliphatic heterocycles. The number of rotatable bonds is 5. The number of halogens is 1. The molecule has 3 rings (SSSR count). The molecule has 0 radical (unpaired) electrons. The molecule has 0 bridgehead atoms. The zero-order valence-corrected chi connectivity index (χ0v) is 16.4. The number of phenols is 1. The molecule has 3 unspecified atom stereocenters. The Morgan fingerprint density at radius 2 is 1.81 bits per heavy atom. The van der Waals surface area contributed by atoms with Gasteiger partial charge in [0.05, 0.1) is 12.7 Å². The number of aromatic hydroxyl groups is 1. The van der Waals surface area contributed by atoms with Gasteiger partial charge < -0.3 is 15.3 Å². The Morgan fingerprint density at radius 1 is 1.12 bits per heavy atom. The normalized spacial score (nSPS) is 23.2. The quantitative estimate of drug-likeness (QED) is 0.701. The van der Waals surface area contributed by atoms with Crippen molar-refractivity contribution in [1.82, 2.24) is 0 Å². The van der Waals surface area contributed by atoms with Crippen molar-refractivity contribution in [1.29, 1.82) is 0 Å². The van der Waals surface area contributed by atoms with Gasteiger partial charge in [0.15, 0.2) is 0 Å². The molecule has 3 nitrogen and oxygen atoms in total. The third-order valence-corrected chi connectivity index (χ3v) is 6.80. The zero-order chi connectivity index (χ0) is 18.7. The molecular weight excluding hydrogens is 368 g/mol. The first-order valence-corrected chi connectivity index (χ1v) is 10.4. The molecule has 2 aromatic carbocycles. The summed E-state index contributed by atoms with van der Waals surface area (Å²) in [5.74, 6) is 0.156. The van der Waals surface area contributed by atoms with Crippen LogP contribution in [0.3, 0.4) is 0 Å². The van der Waals surface area contributed by atoms with E-state index in [4.69, 9.17) is 11.6 Å². The van der Waals surface area contributed by atoms with Gasteiger partial charge in [-0.15, -0.1) is 11.8 Å². The van der Waals surface area contributed by atoms with Gasteiger partial charge >= 0.3 is 0 Å². The number of aliphatic hydroxyl groups is 2. The van der Waals surface area contributed by atoms with E-state index in [1.807, 2.05) is 6.07 Å². The number of hydrogen-bond acceptors (Lipinski definition) is 4. The third-order valence-electron chi connectivity index (χ3n) is 4.95. The lowest BCUT2D eigenvalue weighted by molar-refractivity contribution is 0.137. The second-order valence-corrected chi connectivity index (χ2v) is 8.82. The smallest absolute Gasteiger partial charge is 0.121 e. The highest BCUT2D eigenvalue weighted by molar-refractivity contribution is 8.00. The molecule has 0 spiro atoms. The second kappa shape index (κ2) is 8.66. The molecule has 0 aliphatic carbocycles. The summed E-state index contributed by atoms with van der Waals surface area (Å²) in [6, 6.07) is 12.0. The molecule has 0 aromatic heterocycles. The number of hydrogen-bond donors (Lipinski definition) is 3. The molecule has 5 heteroatoms. The fraction of sp³-hybridized carbons (Fsp3) is 0.429. The molecular formula is C21H25ClO3S. The van der Waals surface area contributed by atoms with Crippen molar-refractivity contribution in [3.8, 4) is 5.75 Å². The first-order chi connectivity index (χ1) is 12.5. The second-order valence-electron chi connectivity index (χ2n) is 6.90. The van der Waals surface area contributed by atoms with E-state index in [2.05, 4.69) is 31.2 Å². The lowest BCUT2D eigenvalue weighted by atomic mass is 9.96. The van der Waals surface area contributed by atoms with Crippen LogP contribution < -0.4 is 0 Å². The monoisotopic (exact) mass is 392 g/mol. The molecule has 26 heavy (non-hydrogen) atoms. The maximum absolute atomic E-state index is 10.4. The lowest BCUT2D eigenvalue weighted by Crippen LogP contribution is -2.26. The van der Waals surface area contributed by atoms with Gasteiger partial charge in [-0.2, -0.15) is 0 Å². The predicted molar refractivity (Wildman–Crippen MR) is 108 cm³/mol. The van der Waals surface area contributed by atoms with Gasteiger partial charge in [0.25, 0.3) is 0 Å². The number of phenolic OH excluding ortho intramolecular Hbond substituents is 1. The predicted octanol–water partition coefficient (Wildman–Crippen LogP) is 4.49. The maximum atomic E-state index is 10.4. The number of benzene rings is 2. The Balaban J connectivity index is 1.86. The van der Waals surface area contributed by atoms with Crippen LogP contribution in [0.4, 0.5) is 0 Å². The van der Waals surface area contributed by atoms with E-state index in [9.17, 15) is 15.3 Å². The molecule has 0 saturated carbocycles. The van der Waals surface area contributed by atoms with Crippen molar-refractivity contribution in [3.05, 3.63) is 63.7 Å². The Bertz CT molecular complexity index is 748. The molecule has 2 aromatic rings. The summed E-state index contributed by atoms with van der Waals surface area (Å²) < 4.78 is 0. The SMILES string of the molecule is CCc1ccc(Cc2cc(C3CC(O)CC(CO)S3)c(O)cc2Cl)cc1. The van der Waals surface area contributed by atoms with Crippen LogP contribution in [0.15, 0.2) is 36.4 Å². The van der Waals surface area contributed by atoms with Crippen LogP contribution in [0.5, 0.6) is 5.75 Å². The highest BCUT2D eigenvalue weighted by atomic mass is 35.5. The van der Waals surface area contributed by atoms with E-state index in [0.29, 0.717) is 24.3 Å². The molecule has 1 heterocycles. The van der Waals surface area contributed by atoms with E-state index in [1.165, 1.54) is 11.1 Å². The van der Waals surface area contributed by atoms with Crippen LogP contribution in [-0.2, 0) is 12.8 Å². The van der Waals surface area contributed by atoms with Crippen molar-refractivity contribution in [3.63, 3.8) is 0 Å². The number of aryl methyl sites for hydroxylation is 1. The number of thioether (sulfide) groups is 1. The Hall–Kier alpha value is -1.20. The van der Waals surface area contributed by atoms with E-state index < -0.39 is 6.10 Å². The van der Waals surface area contributed by atoms with E-state index in [1.54, 1.807) is 17.8 Å². The third kappa shape index (κ3) is 4.55. The molecule has 1 aliphatic rings. The van der Waals surface area contributed by atoms with Crippen LogP contribution in [-0.4, -0.2) is 33.3 Å². The molecule has 0 amide bonds. The van der Waals surface area contributed by atoms with Gasteiger partial charge in [0, 0.05) is 21.1 Å². The Kier molecular flexibility index (Phi) is 6.51. The van der Waals surface area contributed by atoms with Crippen LogP contribution in [0.25, 0.3) is 0 Å². The van der Waals surface area contributed by atoms with Crippen LogP contribution in [0.2, 0.25) is 5.02 Å². The van der Waals surface area contributed by atoms with Crippen molar-refractivity contribution < 1.29 is 15.3 Å². The molecule has 1 saturated heterocycles. The minimum Gasteiger partial charge on any atom is -0.508 e. The lowest BCUT2D eigenvalue weighted by Gasteiger charge is -2.32. The van der Waals surface area contributed by atoms with Gasteiger partial charge in [-0.25, -0.2) is 0 Å². The van der Waals surface area contributed by atoms with Crippen molar-refractivity contribution in [2.24, 2.45) is 0 Å². The highest BCUT2D eigenvalue weighted by Gasteiger charge is 2.30. The first-order valence-electron chi connectivity index (χ1n) is 9.03. The standard InChI is InChI=1S/C21H25ClO3S/c1-2-13-3-5-14(6-4-13)7-15-8-18(20(25)11-19(15)22)21-10-16(24)9-17(12-23)26-21/h3-6,8,11,16-17,21,23-25H,2,7,9-10,12H2,1H3. The van der Waals surface area contributed by atoms with E-state index in [0.717, 1.165) is 17.5 Å². The highest BCUT2D eigenvalue weighted by Crippen LogP contribution is 2.46. The van der Waals surface area contributed by atoms with Gasteiger partial charge in [-0.1, -0.05) is 42.8 Å². The average molecular weight is 393 g/mol. The van der Waals surface area contributed by atoms with Crippen LogP contribution >= 0.6 is 23.4 Å². The Morgan fingerprint density at radius 3 is 2.46 bits per heavy atom. The summed E-state index contributed by atoms with van der Waals surface area (Å²) in [7, 11) is 0. The average Bonchev–Trinajstić information content (AvgIpc) is 2.64. The van der Waals surface area contributed by atoms with Gasteiger partial charge in [-0.05, 0) is 54.5 Å². The zero-order valence-electron chi connectivity index (χ0n) is 14.9. The maximum Gasteiger partial charge on any atom is 0.121 e.